The Kier molecular flexibility index (Phi) is 3.76. The third kappa shape index (κ3) is 3.06. The van der Waals surface area contributed by atoms with Gasteiger partial charge in [-0.25, -0.2) is 0 Å². The van der Waals surface area contributed by atoms with Crippen LogP contribution in [0.1, 0.15) is 19.8 Å². The largest absolute Gasteiger partial charge is 0.401 e. The van der Waals surface area contributed by atoms with Crippen LogP contribution in [0.15, 0.2) is 17.0 Å². The number of nitrogens with one attached hydrogen (secondary N) is 1. The van der Waals surface area contributed by atoms with Gasteiger partial charge in [0.15, 0.2) is 0 Å². The van der Waals surface area contributed by atoms with Crippen LogP contribution in [0, 0.1) is 0 Å². The number of nitrogens with two attached hydrogens (primary N) is 1. The van der Waals surface area contributed by atoms with Crippen LogP contribution in [0.25, 0.3) is 0 Å². The average Bonchev–Trinajstić information content (AvgIpc) is 2.15. The van der Waals surface area contributed by atoms with Crippen molar-refractivity contribution in [3.05, 3.63) is 11.9 Å². The minimum atomic E-state index is 0.456. The first-order valence-corrected chi connectivity index (χ1v) is 4.63. The Morgan fingerprint density at radius 2 is 2.23 bits per heavy atom. The van der Waals surface area contributed by atoms with Gasteiger partial charge in [0.2, 0.25) is 0 Å². The predicted molar refractivity (Wildman–Crippen MR) is 55.2 cm³/mol. The highest BCUT2D eigenvalue weighted by Gasteiger charge is 2.17. The molecule has 0 unspecified atom stereocenters. The monoisotopic (exact) mass is 182 g/mol. The van der Waals surface area contributed by atoms with Crippen LogP contribution in [0.5, 0.6) is 0 Å². The van der Waals surface area contributed by atoms with Gasteiger partial charge in [0.1, 0.15) is 0 Å². The molecule has 0 aromatic carbocycles. The first-order valence-electron chi connectivity index (χ1n) is 4.63. The molecule has 4 heteroatoms. The van der Waals surface area contributed by atoms with Gasteiger partial charge in [-0.05, 0) is 32.9 Å². The molecule has 74 valence electrons. The van der Waals surface area contributed by atoms with E-state index < -0.39 is 0 Å². The molecule has 3 N–H and O–H groups in total. The maximum atomic E-state index is 5.59. The smallest absolute Gasteiger partial charge is 0.0543 e. The molecular formula is C9H18N4. The topological polar surface area (TPSA) is 53.6 Å². The summed E-state index contributed by atoms with van der Waals surface area (Å²) < 4.78 is 0. The van der Waals surface area contributed by atoms with E-state index in [9.17, 15) is 0 Å². The summed E-state index contributed by atoms with van der Waals surface area (Å²) in [5.74, 6) is 0. The number of nitrogens with zero attached hydrogens (tertiary/aromatic N) is 2. The summed E-state index contributed by atoms with van der Waals surface area (Å²) >= 11 is 0. The van der Waals surface area contributed by atoms with Gasteiger partial charge in [-0.15, -0.1) is 0 Å². The van der Waals surface area contributed by atoms with Crippen LogP contribution in [0.2, 0.25) is 0 Å². The van der Waals surface area contributed by atoms with E-state index in [0.29, 0.717) is 6.04 Å². The Labute approximate surface area is 79.5 Å². The molecule has 1 heterocycles. The van der Waals surface area contributed by atoms with Crippen LogP contribution >= 0.6 is 0 Å². The predicted octanol–water partition coefficient (Wildman–Crippen LogP) is 0.476. The van der Waals surface area contributed by atoms with E-state index in [2.05, 4.69) is 17.1 Å². The van der Waals surface area contributed by atoms with Crippen molar-refractivity contribution < 1.29 is 0 Å². The van der Waals surface area contributed by atoms with Gasteiger partial charge in [0.25, 0.3) is 0 Å². The molecule has 1 aliphatic heterocycles. The van der Waals surface area contributed by atoms with E-state index in [-0.39, 0.29) is 0 Å². The van der Waals surface area contributed by atoms with E-state index >= 15 is 0 Å². The molecule has 1 aliphatic rings. The first kappa shape index (κ1) is 10.1. The fraction of sp³-hybridized carbons (Fsp3) is 0.667. The number of hydrazone groups is 1. The maximum Gasteiger partial charge on any atom is 0.0543 e. The standard InChI is InChI=1S/C9H18N4/c1-8(10)7-13(11-2)9-3-5-12-6-4-9/h7,9,12H,2-6,10H2,1H3/b8-7-. The molecular weight excluding hydrogens is 164 g/mol. The quantitative estimate of drug-likeness (QED) is 0.493. The molecule has 0 atom stereocenters. The van der Waals surface area contributed by atoms with E-state index in [1.165, 1.54) is 0 Å². The molecule has 1 rings (SSSR count). The van der Waals surface area contributed by atoms with Crippen LogP contribution in [0.4, 0.5) is 0 Å². The van der Waals surface area contributed by atoms with E-state index in [1.807, 2.05) is 18.1 Å². The van der Waals surface area contributed by atoms with Crippen LogP contribution in [-0.2, 0) is 0 Å². The van der Waals surface area contributed by atoms with Crippen LogP contribution < -0.4 is 11.1 Å². The lowest BCUT2D eigenvalue weighted by Gasteiger charge is -2.29. The van der Waals surface area contributed by atoms with Crippen molar-refractivity contribution >= 4 is 6.72 Å². The number of hydrogen-bond donors (Lipinski definition) is 2. The zero-order chi connectivity index (χ0) is 9.68. The number of rotatable bonds is 3. The molecule has 1 fully saturated rings. The summed E-state index contributed by atoms with van der Waals surface area (Å²) in [6.07, 6.45) is 4.05. The lowest BCUT2D eigenvalue weighted by Crippen LogP contribution is -2.38. The Hall–Kier alpha value is -1.03. The molecule has 0 spiro atoms. The molecule has 0 aromatic heterocycles. The normalized spacial score (nSPS) is 19.9. The van der Waals surface area contributed by atoms with Crippen molar-refractivity contribution in [2.75, 3.05) is 13.1 Å². The molecule has 0 amide bonds. The third-order valence-electron chi connectivity index (χ3n) is 2.18. The SMILES string of the molecule is C=NN(/C=C(/C)N)C1CCNCC1. The molecule has 13 heavy (non-hydrogen) atoms. The van der Waals surface area contributed by atoms with Gasteiger partial charge < -0.3 is 11.1 Å². The van der Waals surface area contributed by atoms with E-state index in [1.54, 1.807) is 0 Å². The molecule has 4 nitrogen and oxygen atoms in total. The van der Waals surface area contributed by atoms with E-state index in [4.69, 9.17) is 5.73 Å². The number of piperidine rings is 1. The van der Waals surface area contributed by atoms with Crippen molar-refractivity contribution in [2.45, 2.75) is 25.8 Å². The second-order valence-electron chi connectivity index (χ2n) is 3.38. The lowest BCUT2D eigenvalue weighted by atomic mass is 10.1. The van der Waals surface area contributed by atoms with Gasteiger partial charge in [0.05, 0.1) is 6.04 Å². The molecule has 0 aromatic rings. The first-order chi connectivity index (χ1) is 6.24. The highest BCUT2D eigenvalue weighted by Crippen LogP contribution is 2.12. The van der Waals surface area contributed by atoms with Crippen molar-refractivity contribution in [1.29, 1.82) is 0 Å². The van der Waals surface area contributed by atoms with Gasteiger partial charge >= 0.3 is 0 Å². The van der Waals surface area contributed by atoms with Crippen LogP contribution in [-0.4, -0.2) is 30.9 Å². The highest BCUT2D eigenvalue weighted by molar-refractivity contribution is 5.23. The van der Waals surface area contributed by atoms with Gasteiger partial charge in [-0.1, -0.05) is 0 Å². The second kappa shape index (κ2) is 4.87. The average molecular weight is 182 g/mol. The van der Waals surface area contributed by atoms with Crippen molar-refractivity contribution in [3.63, 3.8) is 0 Å². The number of hydrogen-bond acceptors (Lipinski definition) is 4. The summed E-state index contributed by atoms with van der Waals surface area (Å²) in [6, 6.07) is 0.456. The Balaban J connectivity index is 2.54. The minimum Gasteiger partial charge on any atom is -0.401 e. The molecule has 0 bridgehead atoms. The van der Waals surface area contributed by atoms with Crippen molar-refractivity contribution in [3.8, 4) is 0 Å². The summed E-state index contributed by atoms with van der Waals surface area (Å²) in [5, 5.41) is 9.13. The second-order valence-corrected chi connectivity index (χ2v) is 3.38. The Morgan fingerprint density at radius 3 is 2.69 bits per heavy atom. The fourth-order valence-electron chi connectivity index (χ4n) is 1.54. The lowest BCUT2D eigenvalue weighted by molar-refractivity contribution is 0.234. The van der Waals surface area contributed by atoms with Crippen LogP contribution in [0.3, 0.4) is 0 Å². The summed E-state index contributed by atoms with van der Waals surface area (Å²) in [7, 11) is 0. The fourth-order valence-corrected chi connectivity index (χ4v) is 1.54. The minimum absolute atomic E-state index is 0.456. The molecule has 0 saturated carbocycles. The third-order valence-corrected chi connectivity index (χ3v) is 2.18. The van der Waals surface area contributed by atoms with Gasteiger partial charge in [-0.2, -0.15) is 5.10 Å². The Morgan fingerprint density at radius 1 is 1.62 bits per heavy atom. The molecule has 1 saturated heterocycles. The number of allylic oxidation sites excluding steroid dienone is 1. The van der Waals surface area contributed by atoms with Gasteiger partial charge in [0, 0.05) is 18.6 Å². The maximum absolute atomic E-state index is 5.59. The summed E-state index contributed by atoms with van der Waals surface area (Å²) in [5.41, 5.74) is 6.36. The zero-order valence-corrected chi connectivity index (χ0v) is 8.16. The summed E-state index contributed by atoms with van der Waals surface area (Å²) in [6.45, 7) is 7.50. The summed E-state index contributed by atoms with van der Waals surface area (Å²) in [4.78, 5) is 0. The van der Waals surface area contributed by atoms with Crippen molar-refractivity contribution in [1.82, 2.24) is 10.3 Å². The highest BCUT2D eigenvalue weighted by atomic mass is 15.5. The zero-order valence-electron chi connectivity index (χ0n) is 8.16. The molecule has 0 radical (unpaired) electrons. The molecule has 0 aliphatic carbocycles. The Bertz CT molecular complexity index is 190. The van der Waals surface area contributed by atoms with Crippen molar-refractivity contribution in [2.24, 2.45) is 10.8 Å². The van der Waals surface area contributed by atoms with Gasteiger partial charge in [-0.3, -0.25) is 5.01 Å². The van der Waals surface area contributed by atoms with E-state index in [0.717, 1.165) is 31.6 Å².